The van der Waals surface area contributed by atoms with E-state index in [1.165, 1.54) is 11.1 Å². The molecule has 8 nitrogen and oxygen atoms in total. The van der Waals surface area contributed by atoms with E-state index < -0.39 is 0 Å². The molecule has 0 bridgehead atoms. The third-order valence-corrected chi connectivity index (χ3v) is 4.33. The summed E-state index contributed by atoms with van der Waals surface area (Å²) in [4.78, 5) is 15.1. The Morgan fingerprint density at radius 3 is 2.68 bits per heavy atom. The molecule has 4 rings (SSSR count). The number of anilines is 1. The van der Waals surface area contributed by atoms with Crippen LogP contribution in [0, 0.1) is 13.8 Å². The molecule has 4 N–H and O–H groups in total. The lowest BCUT2D eigenvalue weighted by atomic mass is 10.1. The van der Waals surface area contributed by atoms with E-state index in [9.17, 15) is 0 Å². The highest BCUT2D eigenvalue weighted by Crippen LogP contribution is 2.17. The molecule has 3 heterocycles. The van der Waals surface area contributed by atoms with Crippen molar-refractivity contribution in [3.05, 3.63) is 52.9 Å². The number of nitrogens with zero attached hydrogens (tertiary/aromatic N) is 5. The van der Waals surface area contributed by atoms with Gasteiger partial charge in [0.15, 0.2) is 5.95 Å². The van der Waals surface area contributed by atoms with Crippen molar-refractivity contribution in [1.82, 2.24) is 34.9 Å². The van der Waals surface area contributed by atoms with Gasteiger partial charge in [-0.3, -0.25) is 0 Å². The summed E-state index contributed by atoms with van der Waals surface area (Å²) in [5.74, 6) is 1.31. The molecule has 0 amide bonds. The number of aromatic nitrogens is 7. The number of fused-ring (bicyclic) bond motifs is 1. The van der Waals surface area contributed by atoms with Crippen LogP contribution in [0.15, 0.2) is 24.5 Å². The van der Waals surface area contributed by atoms with E-state index >= 15 is 0 Å². The second kappa shape index (κ2) is 6.04. The highest BCUT2D eigenvalue weighted by molar-refractivity contribution is 5.77. The van der Waals surface area contributed by atoms with Gasteiger partial charge >= 0.3 is 0 Å². The summed E-state index contributed by atoms with van der Waals surface area (Å²) in [5.41, 5.74) is 12.0. The van der Waals surface area contributed by atoms with E-state index in [4.69, 9.17) is 5.73 Å². The van der Waals surface area contributed by atoms with Crippen LogP contribution in [-0.4, -0.2) is 34.9 Å². The van der Waals surface area contributed by atoms with E-state index in [1.807, 2.05) is 12.4 Å². The molecule has 0 aliphatic heterocycles. The molecule has 0 radical (unpaired) electrons. The summed E-state index contributed by atoms with van der Waals surface area (Å²) in [6, 6.07) is 4.23. The lowest BCUT2D eigenvalue weighted by molar-refractivity contribution is 0.630. The van der Waals surface area contributed by atoms with Crippen molar-refractivity contribution in [1.29, 1.82) is 0 Å². The molecule has 8 heteroatoms. The maximum absolute atomic E-state index is 5.58. The van der Waals surface area contributed by atoms with Gasteiger partial charge in [-0.2, -0.15) is 0 Å². The van der Waals surface area contributed by atoms with E-state index in [2.05, 4.69) is 56.2 Å². The Balaban J connectivity index is 1.45. The molecule has 25 heavy (non-hydrogen) atoms. The average Bonchev–Trinajstić information content (AvgIpc) is 3.27. The lowest BCUT2D eigenvalue weighted by Crippen LogP contribution is -2.02. The van der Waals surface area contributed by atoms with E-state index in [0.717, 1.165) is 41.1 Å². The summed E-state index contributed by atoms with van der Waals surface area (Å²) < 4.78 is 1.80. The number of nitrogens with two attached hydrogens (primary N) is 1. The van der Waals surface area contributed by atoms with Crippen LogP contribution in [0.5, 0.6) is 0 Å². The number of H-pyrrole nitrogens is 2. The van der Waals surface area contributed by atoms with Crippen LogP contribution in [0.4, 0.5) is 5.95 Å². The molecule has 0 saturated heterocycles. The van der Waals surface area contributed by atoms with Crippen LogP contribution in [0.25, 0.3) is 11.0 Å². The normalized spacial score (nSPS) is 11.4. The average molecular weight is 336 g/mol. The highest BCUT2D eigenvalue weighted by Gasteiger charge is 2.08. The van der Waals surface area contributed by atoms with Crippen LogP contribution in [0.2, 0.25) is 0 Å². The quantitative estimate of drug-likeness (QED) is 0.515. The number of nitrogen functional groups attached to an aromatic ring is 1. The van der Waals surface area contributed by atoms with Crippen molar-refractivity contribution >= 4 is 17.0 Å². The van der Waals surface area contributed by atoms with Crippen molar-refractivity contribution < 1.29 is 0 Å². The van der Waals surface area contributed by atoms with Gasteiger partial charge in [0, 0.05) is 12.4 Å². The SMILES string of the molecule is Cc1cc2nc(Cn3cc(CCc4c[nH]c(N)n4)nn3)[nH]c2cc1C. The lowest BCUT2D eigenvalue weighted by Gasteiger charge is -1.97. The van der Waals surface area contributed by atoms with Gasteiger partial charge < -0.3 is 15.7 Å². The first-order valence-electron chi connectivity index (χ1n) is 8.21. The van der Waals surface area contributed by atoms with Crippen LogP contribution < -0.4 is 5.73 Å². The molecular weight excluding hydrogens is 316 g/mol. The maximum Gasteiger partial charge on any atom is 0.197 e. The molecule has 0 spiro atoms. The Morgan fingerprint density at radius 2 is 1.88 bits per heavy atom. The zero-order chi connectivity index (χ0) is 17.4. The van der Waals surface area contributed by atoms with Gasteiger partial charge in [0.05, 0.1) is 22.4 Å². The highest BCUT2D eigenvalue weighted by atomic mass is 15.4. The number of nitrogens with one attached hydrogen (secondary N) is 2. The van der Waals surface area contributed by atoms with Gasteiger partial charge in [-0.15, -0.1) is 5.10 Å². The molecule has 128 valence electrons. The first kappa shape index (κ1) is 15.4. The Labute approximate surface area is 144 Å². The van der Waals surface area contributed by atoms with Crippen molar-refractivity contribution in [3.8, 4) is 0 Å². The summed E-state index contributed by atoms with van der Waals surface area (Å²) in [7, 11) is 0. The number of hydrogen-bond acceptors (Lipinski definition) is 5. The predicted molar refractivity (Wildman–Crippen MR) is 95.1 cm³/mol. The topological polar surface area (TPSA) is 114 Å². The molecular formula is C17H20N8. The number of imidazole rings is 2. The molecule has 0 aliphatic rings. The molecule has 4 aromatic rings. The molecule has 3 aromatic heterocycles. The molecule has 0 atom stereocenters. The minimum atomic E-state index is 0.439. The standard InChI is InChI=1S/C17H20N8/c1-10-5-14-15(6-11(10)2)22-16(21-14)9-25-8-13(23-24-25)4-3-12-7-19-17(18)20-12/h5-8H,3-4,9H2,1-2H3,(H,21,22)(H3,18,19,20). The molecule has 0 unspecified atom stereocenters. The zero-order valence-corrected chi connectivity index (χ0v) is 14.2. The number of benzene rings is 1. The van der Waals surface area contributed by atoms with E-state index in [-0.39, 0.29) is 0 Å². The Kier molecular flexibility index (Phi) is 3.72. The van der Waals surface area contributed by atoms with Crippen molar-refractivity contribution in [3.63, 3.8) is 0 Å². The van der Waals surface area contributed by atoms with Gasteiger partial charge in [0.2, 0.25) is 0 Å². The molecule has 0 saturated carbocycles. The Morgan fingerprint density at radius 1 is 1.08 bits per heavy atom. The summed E-state index contributed by atoms with van der Waals surface area (Å²) in [6.07, 6.45) is 5.30. The Hall–Kier alpha value is -3.16. The summed E-state index contributed by atoms with van der Waals surface area (Å²) in [5, 5.41) is 8.41. The predicted octanol–water partition coefficient (Wildman–Crippen LogP) is 1.91. The van der Waals surface area contributed by atoms with Gasteiger partial charge in [-0.1, -0.05) is 5.21 Å². The van der Waals surface area contributed by atoms with Gasteiger partial charge in [0.25, 0.3) is 0 Å². The van der Waals surface area contributed by atoms with Gasteiger partial charge in [-0.05, 0) is 49.9 Å². The Bertz CT molecular complexity index is 984. The van der Waals surface area contributed by atoms with Gasteiger partial charge in [0.1, 0.15) is 12.4 Å². The largest absolute Gasteiger partial charge is 0.369 e. The fourth-order valence-electron chi connectivity index (χ4n) is 2.84. The number of aryl methyl sites for hydroxylation is 4. The van der Waals surface area contributed by atoms with Gasteiger partial charge in [-0.25, -0.2) is 14.6 Å². The molecule has 0 aliphatic carbocycles. The minimum absolute atomic E-state index is 0.439. The second-order valence-electron chi connectivity index (χ2n) is 6.32. The van der Waals surface area contributed by atoms with Crippen LogP contribution in [0.1, 0.15) is 28.3 Å². The third kappa shape index (κ3) is 3.23. The van der Waals surface area contributed by atoms with Crippen molar-refractivity contribution in [2.24, 2.45) is 0 Å². The maximum atomic E-state index is 5.58. The van der Waals surface area contributed by atoms with Crippen LogP contribution in [-0.2, 0) is 19.4 Å². The summed E-state index contributed by atoms with van der Waals surface area (Å²) >= 11 is 0. The fourth-order valence-corrected chi connectivity index (χ4v) is 2.84. The van der Waals surface area contributed by atoms with Crippen molar-refractivity contribution in [2.45, 2.75) is 33.2 Å². The van der Waals surface area contributed by atoms with E-state index in [0.29, 0.717) is 12.5 Å². The monoisotopic (exact) mass is 336 g/mol. The van der Waals surface area contributed by atoms with Crippen LogP contribution in [0.3, 0.4) is 0 Å². The zero-order valence-electron chi connectivity index (χ0n) is 14.2. The third-order valence-electron chi connectivity index (χ3n) is 4.33. The first-order valence-corrected chi connectivity index (χ1v) is 8.21. The summed E-state index contributed by atoms with van der Waals surface area (Å²) in [6.45, 7) is 4.76. The number of rotatable bonds is 5. The van der Waals surface area contributed by atoms with Crippen molar-refractivity contribution in [2.75, 3.05) is 5.73 Å². The molecule has 0 fully saturated rings. The first-order chi connectivity index (χ1) is 12.1. The van der Waals surface area contributed by atoms with E-state index in [1.54, 1.807) is 4.68 Å². The minimum Gasteiger partial charge on any atom is -0.369 e. The number of hydrogen-bond donors (Lipinski definition) is 3. The number of aromatic amines is 2. The van der Waals surface area contributed by atoms with Crippen LogP contribution >= 0.6 is 0 Å². The fraction of sp³-hybridized carbons (Fsp3) is 0.294. The molecule has 1 aromatic carbocycles. The smallest absolute Gasteiger partial charge is 0.197 e. The second-order valence-corrected chi connectivity index (χ2v) is 6.32.